The van der Waals surface area contributed by atoms with Gasteiger partial charge < -0.3 is 9.80 Å². The number of H-pyrrole nitrogens is 1. The monoisotopic (exact) mass is 401 g/mol. The summed E-state index contributed by atoms with van der Waals surface area (Å²) >= 11 is 0. The van der Waals surface area contributed by atoms with Gasteiger partial charge in [0.1, 0.15) is 0 Å². The minimum Gasteiger partial charge on any atom is -0.365 e. The Morgan fingerprint density at radius 2 is 2.07 bits per heavy atom. The second-order valence-corrected chi connectivity index (χ2v) is 8.54. The van der Waals surface area contributed by atoms with E-state index in [9.17, 15) is 0 Å². The van der Waals surface area contributed by atoms with Crippen molar-refractivity contribution in [3.05, 3.63) is 53.2 Å². The van der Waals surface area contributed by atoms with E-state index in [1.54, 1.807) is 0 Å². The number of fused-ring (bicyclic) bond motifs is 2. The molecule has 1 N–H and O–H groups in total. The fourth-order valence-corrected chi connectivity index (χ4v) is 4.69. The second kappa shape index (κ2) is 8.79. The predicted molar refractivity (Wildman–Crippen MR) is 124 cm³/mol. The van der Waals surface area contributed by atoms with Crippen LogP contribution in [-0.2, 0) is 13.0 Å². The number of rotatable bonds is 7. The molecule has 0 bridgehead atoms. The summed E-state index contributed by atoms with van der Waals surface area (Å²) in [5.41, 5.74) is 5.19. The number of aromatic nitrogens is 2. The predicted octanol–water partition coefficient (Wildman–Crippen LogP) is 5.20. The molecular formula is C25H31N5. The zero-order valence-electron chi connectivity index (χ0n) is 18.3. The quantitative estimate of drug-likeness (QED) is 0.591. The van der Waals surface area contributed by atoms with E-state index in [1.807, 2.05) is 0 Å². The van der Waals surface area contributed by atoms with Gasteiger partial charge in [0.25, 0.3) is 0 Å². The molecule has 0 amide bonds. The maximum atomic E-state index is 9.04. The van der Waals surface area contributed by atoms with Crippen molar-refractivity contribution < 1.29 is 0 Å². The van der Waals surface area contributed by atoms with Crippen molar-refractivity contribution in [1.29, 1.82) is 5.26 Å². The van der Waals surface area contributed by atoms with Crippen molar-refractivity contribution in [1.82, 2.24) is 10.2 Å². The summed E-state index contributed by atoms with van der Waals surface area (Å²) in [6.45, 7) is 10.2. The molecule has 2 heterocycles. The van der Waals surface area contributed by atoms with Crippen LogP contribution in [0.25, 0.3) is 10.8 Å². The van der Waals surface area contributed by atoms with E-state index in [1.165, 1.54) is 33.3 Å². The molecule has 1 aliphatic rings. The molecule has 5 heteroatoms. The molecule has 4 rings (SSSR count). The van der Waals surface area contributed by atoms with E-state index in [0.29, 0.717) is 12.3 Å². The summed E-state index contributed by atoms with van der Waals surface area (Å²) in [7, 11) is 0. The Morgan fingerprint density at radius 3 is 2.83 bits per heavy atom. The van der Waals surface area contributed by atoms with Crippen molar-refractivity contribution >= 4 is 22.3 Å². The average Bonchev–Trinajstić information content (AvgIpc) is 3.16. The molecule has 156 valence electrons. The Kier molecular flexibility index (Phi) is 5.94. The first kappa shape index (κ1) is 20.3. The van der Waals surface area contributed by atoms with Gasteiger partial charge in [-0.05, 0) is 42.7 Å². The van der Waals surface area contributed by atoms with Gasteiger partial charge in [-0.2, -0.15) is 10.4 Å². The minimum atomic E-state index is 0.340. The van der Waals surface area contributed by atoms with E-state index in [0.717, 1.165) is 44.8 Å². The highest BCUT2D eigenvalue weighted by molar-refractivity contribution is 5.97. The summed E-state index contributed by atoms with van der Waals surface area (Å²) < 4.78 is 0. The lowest BCUT2D eigenvalue weighted by atomic mass is 10.00. The van der Waals surface area contributed by atoms with Crippen LogP contribution in [0.2, 0.25) is 0 Å². The Morgan fingerprint density at radius 1 is 1.27 bits per heavy atom. The molecule has 1 aromatic heterocycles. The number of benzene rings is 2. The maximum Gasteiger partial charge on any atom is 0.154 e. The summed E-state index contributed by atoms with van der Waals surface area (Å²) in [5, 5.41) is 19.7. The fraction of sp³-hybridized carbons (Fsp3) is 0.440. The van der Waals surface area contributed by atoms with Gasteiger partial charge >= 0.3 is 0 Å². The lowest BCUT2D eigenvalue weighted by molar-refractivity contribution is 0.564. The van der Waals surface area contributed by atoms with E-state index < -0.39 is 0 Å². The van der Waals surface area contributed by atoms with Gasteiger partial charge in [0.05, 0.1) is 18.3 Å². The molecule has 0 unspecified atom stereocenters. The number of hydrogen-bond acceptors (Lipinski definition) is 4. The molecule has 3 aromatic rings. The Labute approximate surface area is 179 Å². The number of nitriles is 1. The maximum absolute atomic E-state index is 9.04. The van der Waals surface area contributed by atoms with Gasteiger partial charge in [0.15, 0.2) is 5.82 Å². The fourth-order valence-electron chi connectivity index (χ4n) is 4.69. The van der Waals surface area contributed by atoms with Crippen LogP contribution in [0.4, 0.5) is 11.5 Å². The molecule has 30 heavy (non-hydrogen) atoms. The molecule has 0 aliphatic carbocycles. The number of nitrogens with one attached hydrogen (secondary N) is 1. The van der Waals surface area contributed by atoms with E-state index in [-0.39, 0.29) is 0 Å². The molecule has 0 fully saturated rings. The van der Waals surface area contributed by atoms with E-state index >= 15 is 0 Å². The molecule has 0 saturated heterocycles. The zero-order chi connectivity index (χ0) is 21.1. The zero-order valence-corrected chi connectivity index (χ0v) is 18.3. The van der Waals surface area contributed by atoms with Crippen LogP contribution in [0.15, 0.2) is 36.4 Å². The second-order valence-electron chi connectivity index (χ2n) is 8.54. The summed E-state index contributed by atoms with van der Waals surface area (Å²) in [5.74, 6) is 1.43. The van der Waals surface area contributed by atoms with Crippen LogP contribution in [-0.4, -0.2) is 29.8 Å². The Bertz CT molecular complexity index is 1060. The number of aromatic amines is 1. The van der Waals surface area contributed by atoms with E-state index in [4.69, 9.17) is 10.4 Å². The highest BCUT2D eigenvalue weighted by atomic mass is 15.3. The molecule has 0 radical (unpaired) electrons. The van der Waals surface area contributed by atoms with E-state index in [2.05, 4.69) is 78.1 Å². The van der Waals surface area contributed by atoms with Gasteiger partial charge in [0, 0.05) is 42.7 Å². The van der Waals surface area contributed by atoms with Crippen LogP contribution in [0.1, 0.15) is 43.5 Å². The largest absolute Gasteiger partial charge is 0.365 e. The SMILES string of the molecule is CCCN(C[C@@H](C)CC#N)c1n[nH]c2c1CCN(c1cccc3cccc(C)c13)C2. The molecule has 5 nitrogen and oxygen atoms in total. The molecule has 2 aromatic carbocycles. The number of aryl methyl sites for hydroxylation is 1. The smallest absolute Gasteiger partial charge is 0.154 e. The molecule has 1 aliphatic heterocycles. The normalized spacial score (nSPS) is 14.4. The van der Waals surface area contributed by atoms with Gasteiger partial charge in [-0.1, -0.05) is 44.2 Å². The highest BCUT2D eigenvalue weighted by Crippen LogP contribution is 2.34. The van der Waals surface area contributed by atoms with Crippen molar-refractivity contribution in [2.45, 2.75) is 46.6 Å². The Balaban J connectivity index is 1.61. The molecule has 0 saturated carbocycles. The van der Waals surface area contributed by atoms with Crippen LogP contribution < -0.4 is 9.80 Å². The van der Waals surface area contributed by atoms with Crippen LogP contribution in [0, 0.1) is 24.2 Å². The molecule has 1 atom stereocenters. The standard InChI is InChI=1S/C25H31N5/c1-4-14-30(16-18(2)11-13-26)25-21-12-15-29(17-22(21)27-28-25)23-10-6-9-20-8-5-7-19(3)24(20)23/h5-10,18H,4,11-12,14-17H2,1-3H3,(H,27,28)/t18-/m0/s1. The molecule has 0 spiro atoms. The first-order chi connectivity index (χ1) is 14.6. The molecular weight excluding hydrogens is 370 g/mol. The van der Waals surface area contributed by atoms with Gasteiger partial charge in [-0.15, -0.1) is 0 Å². The topological polar surface area (TPSA) is 59.0 Å². The van der Waals surface area contributed by atoms with Crippen LogP contribution >= 0.6 is 0 Å². The lowest BCUT2D eigenvalue weighted by Crippen LogP contribution is -2.33. The number of nitrogens with zero attached hydrogens (tertiary/aromatic N) is 4. The van der Waals surface area contributed by atoms with Crippen LogP contribution in [0.5, 0.6) is 0 Å². The average molecular weight is 402 g/mol. The van der Waals surface area contributed by atoms with Crippen molar-refractivity contribution in [2.75, 3.05) is 29.4 Å². The van der Waals surface area contributed by atoms with Gasteiger partial charge in [-0.25, -0.2) is 0 Å². The first-order valence-corrected chi connectivity index (χ1v) is 11.0. The highest BCUT2D eigenvalue weighted by Gasteiger charge is 2.26. The van der Waals surface area contributed by atoms with Crippen LogP contribution in [0.3, 0.4) is 0 Å². The van der Waals surface area contributed by atoms with Crippen molar-refractivity contribution in [2.24, 2.45) is 5.92 Å². The number of anilines is 2. The third-order valence-corrected chi connectivity index (χ3v) is 6.11. The van der Waals surface area contributed by atoms with Gasteiger partial charge in [-0.3, -0.25) is 5.10 Å². The van der Waals surface area contributed by atoms with Crippen molar-refractivity contribution in [3.8, 4) is 6.07 Å². The Hall–Kier alpha value is -3.00. The summed E-state index contributed by atoms with van der Waals surface area (Å²) in [6, 6.07) is 15.4. The third-order valence-electron chi connectivity index (χ3n) is 6.11. The van der Waals surface area contributed by atoms with Gasteiger partial charge in [0.2, 0.25) is 0 Å². The number of hydrogen-bond donors (Lipinski definition) is 1. The first-order valence-electron chi connectivity index (χ1n) is 11.0. The summed E-state index contributed by atoms with van der Waals surface area (Å²) in [6.07, 6.45) is 2.64. The summed E-state index contributed by atoms with van der Waals surface area (Å²) in [4.78, 5) is 4.84. The lowest BCUT2D eigenvalue weighted by Gasteiger charge is -2.32. The third kappa shape index (κ3) is 3.87. The minimum absolute atomic E-state index is 0.340. The van der Waals surface area contributed by atoms with Crippen molar-refractivity contribution in [3.63, 3.8) is 0 Å².